The Morgan fingerprint density at radius 1 is 1.00 bits per heavy atom. The number of hydrogen-bond acceptors (Lipinski definition) is 6. The third-order valence-electron chi connectivity index (χ3n) is 5.58. The Bertz CT molecular complexity index is 977. The first-order valence-electron chi connectivity index (χ1n) is 11.5. The standard InChI is InChI=1S/C26H33N3O4/c1-31-13-14-33-16-15-32-12-9-28-26(30)24(20-27)18-21-5-6-23-19-25(8-7-22(23)17-21)29-10-3-2-4-11-29/h5-8,17-19H,2-4,9-16H2,1H3,(H,28,30)/b24-18+. The van der Waals surface area contributed by atoms with Crippen molar-refractivity contribution in [2.75, 3.05) is 64.7 Å². The highest BCUT2D eigenvalue weighted by Gasteiger charge is 2.12. The molecule has 0 aromatic heterocycles. The maximum atomic E-state index is 12.4. The number of hydrogen-bond donors (Lipinski definition) is 1. The molecule has 33 heavy (non-hydrogen) atoms. The van der Waals surface area contributed by atoms with Crippen LogP contribution < -0.4 is 10.2 Å². The van der Waals surface area contributed by atoms with Crippen molar-refractivity contribution in [3.63, 3.8) is 0 Å². The van der Waals surface area contributed by atoms with E-state index in [2.05, 4.69) is 28.4 Å². The van der Waals surface area contributed by atoms with E-state index in [0.717, 1.165) is 29.4 Å². The number of nitrogens with zero attached hydrogens (tertiary/aromatic N) is 2. The minimum absolute atomic E-state index is 0.0715. The van der Waals surface area contributed by atoms with Crippen LogP contribution >= 0.6 is 0 Å². The number of nitriles is 1. The second-order valence-corrected chi connectivity index (χ2v) is 7.98. The lowest BCUT2D eigenvalue weighted by Gasteiger charge is -2.29. The minimum Gasteiger partial charge on any atom is -0.382 e. The predicted molar refractivity (Wildman–Crippen MR) is 130 cm³/mol. The van der Waals surface area contributed by atoms with Crippen LogP contribution in [0.15, 0.2) is 42.0 Å². The van der Waals surface area contributed by atoms with Gasteiger partial charge >= 0.3 is 0 Å². The zero-order valence-corrected chi connectivity index (χ0v) is 19.3. The number of anilines is 1. The molecule has 0 radical (unpaired) electrons. The van der Waals surface area contributed by atoms with Gasteiger partial charge in [0.25, 0.3) is 5.91 Å². The van der Waals surface area contributed by atoms with Gasteiger partial charge in [-0.05, 0) is 59.9 Å². The van der Waals surface area contributed by atoms with Gasteiger partial charge in [0.1, 0.15) is 11.6 Å². The molecule has 0 spiro atoms. The molecule has 0 bridgehead atoms. The molecular formula is C26H33N3O4. The fraction of sp³-hybridized carbons (Fsp3) is 0.462. The smallest absolute Gasteiger partial charge is 0.262 e. The molecule has 0 atom stereocenters. The van der Waals surface area contributed by atoms with Crippen LogP contribution in [0.25, 0.3) is 16.8 Å². The quantitative estimate of drug-likeness (QED) is 0.302. The van der Waals surface area contributed by atoms with Gasteiger partial charge in [0.05, 0.1) is 33.0 Å². The maximum absolute atomic E-state index is 12.4. The van der Waals surface area contributed by atoms with Gasteiger partial charge in [-0.25, -0.2) is 0 Å². The lowest BCUT2D eigenvalue weighted by atomic mass is 10.0. The Balaban J connectivity index is 1.51. The number of ether oxygens (including phenoxy) is 3. The Kier molecular flexibility index (Phi) is 10.2. The maximum Gasteiger partial charge on any atom is 0.262 e. The second-order valence-electron chi connectivity index (χ2n) is 7.98. The first kappa shape index (κ1) is 24.7. The van der Waals surface area contributed by atoms with E-state index in [9.17, 15) is 10.1 Å². The van der Waals surface area contributed by atoms with E-state index < -0.39 is 5.91 Å². The first-order chi connectivity index (χ1) is 16.2. The van der Waals surface area contributed by atoms with Crippen LogP contribution in [-0.4, -0.2) is 65.7 Å². The minimum atomic E-state index is -0.405. The van der Waals surface area contributed by atoms with Crippen LogP contribution in [0.1, 0.15) is 24.8 Å². The average Bonchev–Trinajstić information content (AvgIpc) is 2.86. The Labute approximate surface area is 195 Å². The van der Waals surface area contributed by atoms with Crippen LogP contribution in [0, 0.1) is 11.3 Å². The van der Waals surface area contributed by atoms with Gasteiger partial charge in [0.15, 0.2) is 0 Å². The third-order valence-corrected chi connectivity index (χ3v) is 5.58. The fourth-order valence-electron chi connectivity index (χ4n) is 3.80. The van der Waals surface area contributed by atoms with Crippen LogP contribution in [0.4, 0.5) is 5.69 Å². The SMILES string of the molecule is COCCOCCOCCNC(=O)/C(C#N)=C/c1ccc2cc(N3CCCCC3)ccc2c1. The molecule has 1 amide bonds. The van der Waals surface area contributed by atoms with Gasteiger partial charge in [-0.2, -0.15) is 5.26 Å². The summed E-state index contributed by atoms with van der Waals surface area (Å²) in [6.45, 7) is 4.90. The summed E-state index contributed by atoms with van der Waals surface area (Å²) in [7, 11) is 1.62. The summed E-state index contributed by atoms with van der Waals surface area (Å²) in [6.07, 6.45) is 5.43. The summed E-state index contributed by atoms with van der Waals surface area (Å²) in [5.74, 6) is -0.405. The molecule has 2 aromatic rings. The third kappa shape index (κ3) is 7.86. The monoisotopic (exact) mass is 451 g/mol. The predicted octanol–water partition coefficient (Wildman–Crippen LogP) is 3.53. The number of piperidine rings is 1. The van der Waals surface area contributed by atoms with Crippen molar-refractivity contribution in [1.29, 1.82) is 5.26 Å². The van der Waals surface area contributed by atoms with Gasteiger partial charge in [-0.15, -0.1) is 0 Å². The van der Waals surface area contributed by atoms with Gasteiger partial charge in [0, 0.05) is 32.4 Å². The first-order valence-corrected chi connectivity index (χ1v) is 11.5. The van der Waals surface area contributed by atoms with E-state index in [1.807, 2.05) is 24.3 Å². The molecule has 1 aliphatic rings. The molecule has 1 heterocycles. The largest absolute Gasteiger partial charge is 0.382 e. The highest BCUT2D eigenvalue weighted by molar-refractivity contribution is 6.02. The summed E-state index contributed by atoms with van der Waals surface area (Å²) in [4.78, 5) is 14.8. The van der Waals surface area contributed by atoms with Crippen LogP contribution in [-0.2, 0) is 19.0 Å². The number of amides is 1. The Morgan fingerprint density at radius 3 is 2.45 bits per heavy atom. The molecule has 7 heteroatoms. The molecule has 2 aromatic carbocycles. The molecule has 1 aliphatic heterocycles. The van der Waals surface area contributed by atoms with Gasteiger partial charge < -0.3 is 24.4 Å². The van der Waals surface area contributed by atoms with Gasteiger partial charge in [0.2, 0.25) is 0 Å². The number of carbonyl (C=O) groups is 1. The molecule has 7 nitrogen and oxygen atoms in total. The van der Waals surface area contributed by atoms with Crippen LogP contribution in [0.3, 0.4) is 0 Å². The number of nitrogens with one attached hydrogen (secondary N) is 1. The molecule has 0 unspecified atom stereocenters. The molecular weight excluding hydrogens is 418 g/mol. The van der Waals surface area contributed by atoms with Crippen molar-refractivity contribution >= 4 is 28.4 Å². The Morgan fingerprint density at radius 2 is 1.70 bits per heavy atom. The zero-order chi connectivity index (χ0) is 23.3. The molecule has 1 saturated heterocycles. The molecule has 3 rings (SSSR count). The lowest BCUT2D eigenvalue weighted by Crippen LogP contribution is -2.29. The number of methoxy groups -OCH3 is 1. The Hall–Kier alpha value is -2.92. The van der Waals surface area contributed by atoms with Crippen LogP contribution in [0.5, 0.6) is 0 Å². The van der Waals surface area contributed by atoms with Gasteiger partial charge in [-0.1, -0.05) is 18.2 Å². The molecule has 0 saturated carbocycles. The zero-order valence-electron chi connectivity index (χ0n) is 19.3. The summed E-state index contributed by atoms with van der Waals surface area (Å²) in [6, 6.07) is 14.5. The summed E-state index contributed by atoms with van der Waals surface area (Å²) in [5, 5.41) is 14.4. The van der Waals surface area contributed by atoms with Crippen molar-refractivity contribution in [3.05, 3.63) is 47.5 Å². The van der Waals surface area contributed by atoms with E-state index in [1.54, 1.807) is 13.2 Å². The topological polar surface area (TPSA) is 83.8 Å². The number of fused-ring (bicyclic) bond motifs is 1. The van der Waals surface area contributed by atoms with Crippen molar-refractivity contribution in [3.8, 4) is 6.07 Å². The lowest BCUT2D eigenvalue weighted by molar-refractivity contribution is -0.117. The average molecular weight is 452 g/mol. The van der Waals surface area contributed by atoms with Gasteiger partial charge in [-0.3, -0.25) is 4.79 Å². The van der Waals surface area contributed by atoms with Crippen molar-refractivity contribution in [2.24, 2.45) is 0 Å². The van der Waals surface area contributed by atoms with Crippen LogP contribution in [0.2, 0.25) is 0 Å². The van der Waals surface area contributed by atoms with E-state index in [1.165, 1.54) is 24.9 Å². The molecule has 0 aliphatic carbocycles. The number of rotatable bonds is 12. The summed E-state index contributed by atoms with van der Waals surface area (Å²) < 4.78 is 15.6. The fourth-order valence-corrected chi connectivity index (χ4v) is 3.80. The molecule has 176 valence electrons. The van der Waals surface area contributed by atoms with Crippen molar-refractivity contribution in [2.45, 2.75) is 19.3 Å². The molecule has 1 fully saturated rings. The number of carbonyl (C=O) groups excluding carboxylic acids is 1. The van der Waals surface area contributed by atoms with Crippen molar-refractivity contribution < 1.29 is 19.0 Å². The summed E-state index contributed by atoms with van der Waals surface area (Å²) in [5.41, 5.74) is 2.15. The normalized spacial score (nSPS) is 14.3. The second kappa shape index (κ2) is 13.6. The number of benzene rings is 2. The molecule has 1 N–H and O–H groups in total. The highest BCUT2D eigenvalue weighted by atomic mass is 16.5. The van der Waals surface area contributed by atoms with Crippen molar-refractivity contribution in [1.82, 2.24) is 5.32 Å². The summed E-state index contributed by atoms with van der Waals surface area (Å²) >= 11 is 0. The van der Waals surface area contributed by atoms with E-state index in [-0.39, 0.29) is 5.57 Å². The van der Waals surface area contributed by atoms with E-state index in [0.29, 0.717) is 39.6 Å². The van der Waals surface area contributed by atoms with E-state index >= 15 is 0 Å². The van der Waals surface area contributed by atoms with E-state index in [4.69, 9.17) is 14.2 Å². The highest BCUT2D eigenvalue weighted by Crippen LogP contribution is 2.26.